The quantitative estimate of drug-likeness (QED) is 0.256. The van der Waals surface area contributed by atoms with Gasteiger partial charge in [0, 0.05) is 18.1 Å². The number of nitro groups is 1. The summed E-state index contributed by atoms with van der Waals surface area (Å²) >= 11 is 0. The lowest BCUT2D eigenvalue weighted by atomic mass is 9.79. The fourth-order valence-electron chi connectivity index (χ4n) is 3.61. The Balaban J connectivity index is 1.74. The van der Waals surface area contributed by atoms with Gasteiger partial charge in [0.15, 0.2) is 11.8 Å². The second-order valence-corrected chi connectivity index (χ2v) is 6.61. The standard InChI is InChI=1S/C17H16N2O8/c1-7-12-11(8(2)20)15(22)18(12)13(14(7)21)17(24)27-16(23)9-3-5-10(6-4-9)19(25)26/h3-8,11-13,20H,1-2H3/t7-,8-,11-,12-,13?/m1/s1. The number of esters is 2. The molecule has 3 rings (SSSR count). The molecule has 5 atom stereocenters. The summed E-state index contributed by atoms with van der Waals surface area (Å²) in [6.07, 6.45) is -0.967. The maximum Gasteiger partial charge on any atom is 0.345 e. The van der Waals surface area contributed by atoms with Gasteiger partial charge in [0.1, 0.15) is 0 Å². The number of carbonyl (C=O) groups excluding carboxylic acids is 4. The van der Waals surface area contributed by atoms with Crippen LogP contribution in [0, 0.1) is 22.0 Å². The molecule has 1 aromatic rings. The molecule has 2 aliphatic heterocycles. The van der Waals surface area contributed by atoms with Gasteiger partial charge < -0.3 is 14.7 Å². The van der Waals surface area contributed by atoms with E-state index in [9.17, 15) is 34.4 Å². The first-order valence-electron chi connectivity index (χ1n) is 8.19. The molecule has 0 spiro atoms. The molecule has 2 saturated heterocycles. The minimum Gasteiger partial charge on any atom is -0.393 e. The molecule has 1 amide bonds. The molecule has 142 valence electrons. The lowest BCUT2D eigenvalue weighted by molar-refractivity contribution is -0.384. The number of ether oxygens (including phenoxy) is 1. The molecule has 1 aromatic carbocycles. The number of fused-ring (bicyclic) bond motifs is 1. The lowest BCUT2D eigenvalue weighted by Gasteiger charge is -2.46. The Bertz CT molecular complexity index is 847. The van der Waals surface area contributed by atoms with Gasteiger partial charge in [-0.1, -0.05) is 6.92 Å². The monoisotopic (exact) mass is 376 g/mol. The smallest absolute Gasteiger partial charge is 0.345 e. The van der Waals surface area contributed by atoms with Crippen molar-refractivity contribution < 1.29 is 33.9 Å². The Morgan fingerprint density at radius 3 is 2.37 bits per heavy atom. The number of non-ortho nitro benzene ring substituents is 1. The van der Waals surface area contributed by atoms with Crippen molar-refractivity contribution in [3.05, 3.63) is 39.9 Å². The predicted octanol–water partition coefficient (Wildman–Crippen LogP) is 0.0734. The molecule has 0 bridgehead atoms. The van der Waals surface area contributed by atoms with Crippen LogP contribution >= 0.6 is 0 Å². The molecule has 0 aromatic heterocycles. The summed E-state index contributed by atoms with van der Waals surface area (Å²) in [4.78, 5) is 60.0. The predicted molar refractivity (Wildman–Crippen MR) is 87.3 cm³/mol. The number of carbonyl (C=O) groups is 4. The number of ketones is 1. The van der Waals surface area contributed by atoms with E-state index in [0.29, 0.717) is 0 Å². The summed E-state index contributed by atoms with van der Waals surface area (Å²) in [5, 5.41) is 20.3. The van der Waals surface area contributed by atoms with Crippen molar-refractivity contribution in [2.24, 2.45) is 11.8 Å². The molecular weight excluding hydrogens is 360 g/mol. The summed E-state index contributed by atoms with van der Waals surface area (Å²) < 4.78 is 4.71. The summed E-state index contributed by atoms with van der Waals surface area (Å²) in [5.41, 5.74) is -0.350. The minimum absolute atomic E-state index is 0.110. The number of nitro benzene ring substituents is 1. The van der Waals surface area contributed by atoms with E-state index in [1.54, 1.807) is 6.92 Å². The van der Waals surface area contributed by atoms with E-state index < -0.39 is 58.6 Å². The van der Waals surface area contributed by atoms with Gasteiger partial charge in [0.2, 0.25) is 5.91 Å². The van der Waals surface area contributed by atoms with Gasteiger partial charge in [-0.3, -0.25) is 19.7 Å². The molecule has 1 N–H and O–H groups in total. The van der Waals surface area contributed by atoms with Crippen molar-refractivity contribution in [3.63, 3.8) is 0 Å². The second-order valence-electron chi connectivity index (χ2n) is 6.61. The van der Waals surface area contributed by atoms with Crippen molar-refractivity contribution >= 4 is 29.3 Å². The Morgan fingerprint density at radius 2 is 1.85 bits per heavy atom. The highest BCUT2D eigenvalue weighted by atomic mass is 16.6. The van der Waals surface area contributed by atoms with Gasteiger partial charge >= 0.3 is 11.9 Å². The molecule has 2 fully saturated rings. The number of β-lactam (4-membered cyclic amide) rings is 1. The van der Waals surface area contributed by atoms with Crippen molar-refractivity contribution in [1.82, 2.24) is 4.90 Å². The average Bonchev–Trinajstić information content (AvgIpc) is 2.83. The normalized spacial score (nSPS) is 27.6. The highest BCUT2D eigenvalue weighted by Crippen LogP contribution is 2.43. The van der Waals surface area contributed by atoms with Crippen LogP contribution in [0.5, 0.6) is 0 Å². The molecule has 27 heavy (non-hydrogen) atoms. The van der Waals surface area contributed by atoms with E-state index in [0.717, 1.165) is 29.2 Å². The van der Waals surface area contributed by atoms with Crippen LogP contribution in [0.2, 0.25) is 0 Å². The first-order valence-corrected chi connectivity index (χ1v) is 8.19. The fraction of sp³-hybridized carbons (Fsp3) is 0.412. The summed E-state index contributed by atoms with van der Waals surface area (Å²) in [5.74, 6) is -4.81. The summed E-state index contributed by atoms with van der Waals surface area (Å²) in [6.45, 7) is 2.98. The van der Waals surface area contributed by atoms with E-state index in [2.05, 4.69) is 0 Å². The van der Waals surface area contributed by atoms with Crippen LogP contribution in [-0.2, 0) is 19.1 Å². The van der Waals surface area contributed by atoms with Gasteiger partial charge in [0.25, 0.3) is 5.69 Å². The first kappa shape index (κ1) is 18.6. The number of Topliss-reactive ketones (excluding diaryl/α,β-unsaturated/α-hetero) is 1. The highest BCUT2D eigenvalue weighted by Gasteiger charge is 2.64. The SMILES string of the molecule is C[C@@H](O)[C@H]1C(=O)N2C(C(=O)OC(=O)c3ccc([N+](=O)[O-])cc3)C(=O)[C@H](C)[C@H]12. The number of nitrogens with zero attached hydrogens (tertiary/aromatic N) is 2. The molecular formula is C17H16N2O8. The molecule has 0 radical (unpaired) electrons. The largest absolute Gasteiger partial charge is 0.393 e. The van der Waals surface area contributed by atoms with Crippen LogP contribution in [0.25, 0.3) is 0 Å². The number of hydrogen-bond donors (Lipinski definition) is 1. The molecule has 10 nitrogen and oxygen atoms in total. The first-order chi connectivity index (χ1) is 12.6. The number of benzene rings is 1. The summed E-state index contributed by atoms with van der Waals surface area (Å²) in [7, 11) is 0. The van der Waals surface area contributed by atoms with Gasteiger partial charge in [-0.15, -0.1) is 0 Å². The lowest BCUT2D eigenvalue weighted by Crippen LogP contribution is -2.65. The Labute approximate surface area is 152 Å². The number of rotatable bonds is 4. The maximum absolute atomic E-state index is 12.4. The number of hydrogen-bond acceptors (Lipinski definition) is 8. The van der Waals surface area contributed by atoms with Crippen LogP contribution in [0.1, 0.15) is 24.2 Å². The maximum atomic E-state index is 12.4. The van der Waals surface area contributed by atoms with Crippen LogP contribution in [0.3, 0.4) is 0 Å². The number of aliphatic hydroxyl groups excluding tert-OH is 1. The molecule has 2 aliphatic rings. The number of amides is 1. The molecule has 0 saturated carbocycles. The van der Waals surface area contributed by atoms with Crippen LogP contribution in [0.4, 0.5) is 5.69 Å². The minimum atomic E-state index is -1.53. The zero-order valence-corrected chi connectivity index (χ0v) is 14.4. The van der Waals surface area contributed by atoms with Crippen molar-refractivity contribution in [3.8, 4) is 0 Å². The number of aliphatic hydroxyl groups is 1. The Hall–Kier alpha value is -3.14. The zero-order chi connectivity index (χ0) is 20.0. The Morgan fingerprint density at radius 1 is 1.26 bits per heavy atom. The fourth-order valence-corrected chi connectivity index (χ4v) is 3.61. The van der Waals surface area contributed by atoms with Crippen LogP contribution in [-0.4, -0.2) is 56.7 Å². The topological polar surface area (TPSA) is 144 Å². The third kappa shape index (κ3) is 2.87. The van der Waals surface area contributed by atoms with E-state index in [4.69, 9.17) is 4.74 Å². The summed E-state index contributed by atoms with van der Waals surface area (Å²) in [6, 6.07) is 2.24. The van der Waals surface area contributed by atoms with E-state index in [1.807, 2.05) is 0 Å². The van der Waals surface area contributed by atoms with Gasteiger partial charge in [-0.25, -0.2) is 9.59 Å². The Kier molecular flexibility index (Phi) is 4.52. The van der Waals surface area contributed by atoms with Crippen LogP contribution in [0.15, 0.2) is 24.3 Å². The van der Waals surface area contributed by atoms with E-state index >= 15 is 0 Å². The third-order valence-corrected chi connectivity index (χ3v) is 4.99. The van der Waals surface area contributed by atoms with Crippen molar-refractivity contribution in [1.29, 1.82) is 0 Å². The average molecular weight is 376 g/mol. The van der Waals surface area contributed by atoms with E-state index in [1.165, 1.54) is 6.92 Å². The van der Waals surface area contributed by atoms with E-state index in [-0.39, 0.29) is 11.3 Å². The van der Waals surface area contributed by atoms with Gasteiger partial charge in [0.05, 0.1) is 28.6 Å². The van der Waals surface area contributed by atoms with Gasteiger partial charge in [-0.2, -0.15) is 0 Å². The van der Waals surface area contributed by atoms with Crippen molar-refractivity contribution in [2.75, 3.05) is 0 Å². The highest BCUT2D eigenvalue weighted by molar-refractivity contribution is 6.14. The van der Waals surface area contributed by atoms with Crippen LogP contribution < -0.4 is 0 Å². The third-order valence-electron chi connectivity index (χ3n) is 4.99. The van der Waals surface area contributed by atoms with Crippen molar-refractivity contribution in [2.45, 2.75) is 32.0 Å². The molecule has 10 heteroatoms. The van der Waals surface area contributed by atoms with Gasteiger partial charge in [-0.05, 0) is 19.1 Å². The molecule has 1 unspecified atom stereocenters. The molecule has 2 heterocycles. The second kappa shape index (κ2) is 6.54. The zero-order valence-electron chi connectivity index (χ0n) is 14.4. The molecule has 0 aliphatic carbocycles.